The Morgan fingerprint density at radius 2 is 1.90 bits per heavy atom. The number of hydrogen-bond donors (Lipinski definition) is 2. The van der Waals surface area contributed by atoms with E-state index < -0.39 is 18.2 Å². The highest BCUT2D eigenvalue weighted by molar-refractivity contribution is 6.06. The van der Waals surface area contributed by atoms with Gasteiger partial charge in [0.2, 0.25) is 0 Å². The Morgan fingerprint density at radius 1 is 1.25 bits per heavy atom. The Balaban J connectivity index is 1.94. The van der Waals surface area contributed by atoms with Crippen molar-refractivity contribution >= 4 is 11.9 Å². The van der Waals surface area contributed by atoms with E-state index in [1.807, 2.05) is 0 Å². The van der Waals surface area contributed by atoms with Crippen LogP contribution in [-0.4, -0.2) is 24.1 Å². The smallest absolute Gasteiger partial charge is 0.387 e. The molecule has 7 heteroatoms. The topological polar surface area (TPSA) is 67.4 Å². The molecule has 5 nitrogen and oxygen atoms in total. The molecule has 0 aromatic heterocycles. The zero-order valence-electron chi connectivity index (χ0n) is 10.8. The van der Waals surface area contributed by atoms with Crippen LogP contribution < -0.4 is 15.4 Å². The third-order valence-corrected chi connectivity index (χ3v) is 3.18. The Kier molecular flexibility index (Phi) is 3.87. The molecule has 2 N–H and O–H groups in total. The third-order valence-electron chi connectivity index (χ3n) is 3.18. The summed E-state index contributed by atoms with van der Waals surface area (Å²) in [5.41, 5.74) is -0.0725. The summed E-state index contributed by atoms with van der Waals surface area (Å²) in [5, 5.41) is 4.75. The van der Waals surface area contributed by atoms with E-state index in [1.54, 1.807) is 19.1 Å². The highest BCUT2D eigenvalue weighted by Gasteiger charge is 2.41. The number of rotatable bonds is 5. The van der Waals surface area contributed by atoms with Gasteiger partial charge in [-0.2, -0.15) is 8.78 Å². The zero-order valence-corrected chi connectivity index (χ0v) is 10.8. The van der Waals surface area contributed by atoms with Crippen LogP contribution in [0.4, 0.5) is 13.6 Å². The van der Waals surface area contributed by atoms with Crippen LogP contribution in [0.1, 0.15) is 18.9 Å². The summed E-state index contributed by atoms with van der Waals surface area (Å²) >= 11 is 0. The number of carbonyl (C=O) groups is 2. The van der Waals surface area contributed by atoms with Crippen molar-refractivity contribution in [3.05, 3.63) is 29.8 Å². The van der Waals surface area contributed by atoms with Crippen LogP contribution in [0.15, 0.2) is 24.3 Å². The second-order valence-electron chi connectivity index (χ2n) is 4.76. The van der Waals surface area contributed by atoms with Gasteiger partial charge in [0, 0.05) is 0 Å². The molecular formula is C13H14F2N2O3. The number of benzene rings is 1. The fourth-order valence-corrected chi connectivity index (χ4v) is 1.99. The molecule has 2 rings (SSSR count). The quantitative estimate of drug-likeness (QED) is 0.810. The van der Waals surface area contributed by atoms with E-state index in [0.717, 1.165) is 5.56 Å². The number of carbonyl (C=O) groups excluding carboxylic acids is 2. The van der Waals surface area contributed by atoms with E-state index in [0.29, 0.717) is 12.8 Å². The maximum absolute atomic E-state index is 12.0. The molecule has 108 valence electrons. The monoisotopic (exact) mass is 284 g/mol. The summed E-state index contributed by atoms with van der Waals surface area (Å²) in [6.45, 7) is -1.21. The summed E-state index contributed by atoms with van der Waals surface area (Å²) < 4.78 is 28.2. The van der Waals surface area contributed by atoms with Gasteiger partial charge in [0.05, 0.1) is 0 Å². The lowest BCUT2D eigenvalue weighted by Crippen LogP contribution is -2.43. The number of alkyl halides is 2. The minimum atomic E-state index is -2.85. The summed E-state index contributed by atoms with van der Waals surface area (Å²) in [6.07, 6.45) is 0.943. The summed E-state index contributed by atoms with van der Waals surface area (Å²) in [6, 6.07) is 5.68. The fraction of sp³-hybridized carbons (Fsp3) is 0.385. The molecule has 1 atom stereocenters. The minimum absolute atomic E-state index is 0.0851. The van der Waals surface area contributed by atoms with E-state index in [2.05, 4.69) is 15.4 Å². The molecule has 0 bridgehead atoms. The van der Waals surface area contributed by atoms with E-state index in [1.165, 1.54) is 12.1 Å². The first kappa shape index (κ1) is 14.2. The van der Waals surface area contributed by atoms with E-state index in [-0.39, 0.29) is 11.7 Å². The van der Waals surface area contributed by atoms with Crippen LogP contribution >= 0.6 is 0 Å². The third kappa shape index (κ3) is 3.23. The molecular weight excluding hydrogens is 270 g/mol. The van der Waals surface area contributed by atoms with Gasteiger partial charge in [-0.05, 0) is 37.5 Å². The number of ether oxygens (including phenoxy) is 1. The predicted octanol–water partition coefficient (Wildman–Crippen LogP) is 1.82. The zero-order chi connectivity index (χ0) is 14.8. The number of nitrogens with one attached hydrogen (secondary N) is 2. The van der Waals surface area contributed by atoms with Gasteiger partial charge >= 0.3 is 12.6 Å². The Labute approximate surface area is 114 Å². The van der Waals surface area contributed by atoms with Gasteiger partial charge in [-0.15, -0.1) is 0 Å². The van der Waals surface area contributed by atoms with Crippen LogP contribution in [0.25, 0.3) is 0 Å². The highest BCUT2D eigenvalue weighted by atomic mass is 19.3. The maximum atomic E-state index is 12.0. The average molecular weight is 284 g/mol. The molecule has 1 heterocycles. The van der Waals surface area contributed by atoms with E-state index in [4.69, 9.17) is 0 Å². The van der Waals surface area contributed by atoms with Crippen molar-refractivity contribution in [2.24, 2.45) is 0 Å². The highest BCUT2D eigenvalue weighted by Crippen LogP contribution is 2.20. The predicted molar refractivity (Wildman–Crippen MR) is 66.5 cm³/mol. The average Bonchev–Trinajstić information content (AvgIpc) is 2.62. The van der Waals surface area contributed by atoms with Crippen LogP contribution in [0.5, 0.6) is 5.75 Å². The first-order valence-electron chi connectivity index (χ1n) is 6.06. The number of aryl methyl sites for hydroxylation is 1. The van der Waals surface area contributed by atoms with E-state index >= 15 is 0 Å². The number of amides is 3. The number of hydrogen-bond acceptors (Lipinski definition) is 3. The normalized spacial score (nSPS) is 21.8. The fourth-order valence-electron chi connectivity index (χ4n) is 1.99. The molecule has 1 aromatic rings. The lowest BCUT2D eigenvalue weighted by atomic mass is 9.93. The van der Waals surface area contributed by atoms with Gasteiger partial charge in [0.15, 0.2) is 0 Å². The van der Waals surface area contributed by atoms with Crippen molar-refractivity contribution in [2.75, 3.05) is 0 Å². The van der Waals surface area contributed by atoms with Crippen LogP contribution in [0.3, 0.4) is 0 Å². The van der Waals surface area contributed by atoms with Gasteiger partial charge in [-0.3, -0.25) is 10.1 Å². The molecule has 0 radical (unpaired) electrons. The van der Waals surface area contributed by atoms with Gasteiger partial charge in [-0.25, -0.2) is 4.79 Å². The molecule has 20 heavy (non-hydrogen) atoms. The van der Waals surface area contributed by atoms with Gasteiger partial charge in [-0.1, -0.05) is 12.1 Å². The van der Waals surface area contributed by atoms with Crippen LogP contribution in [0, 0.1) is 0 Å². The molecule has 0 aliphatic carbocycles. The van der Waals surface area contributed by atoms with Gasteiger partial charge < -0.3 is 10.1 Å². The first-order valence-corrected chi connectivity index (χ1v) is 6.06. The Morgan fingerprint density at radius 3 is 2.40 bits per heavy atom. The van der Waals surface area contributed by atoms with Crippen molar-refractivity contribution < 1.29 is 23.1 Å². The summed E-state index contributed by atoms with van der Waals surface area (Å²) in [5.74, 6) is -0.276. The van der Waals surface area contributed by atoms with Crippen molar-refractivity contribution in [1.82, 2.24) is 10.6 Å². The first-order chi connectivity index (χ1) is 9.39. The minimum Gasteiger partial charge on any atom is -0.435 e. The standard InChI is InChI=1S/C13H14F2N2O3/c1-13(10(18)16-12(19)17-13)7-6-8-2-4-9(5-3-8)20-11(14)15/h2-5,11H,6-7H2,1H3,(H2,16,17,18,19)/t13-/m0/s1. The van der Waals surface area contributed by atoms with E-state index in [9.17, 15) is 18.4 Å². The molecule has 0 unspecified atom stereocenters. The lowest BCUT2D eigenvalue weighted by Gasteiger charge is -2.20. The molecule has 1 saturated heterocycles. The van der Waals surface area contributed by atoms with Gasteiger partial charge in [0.1, 0.15) is 11.3 Å². The maximum Gasteiger partial charge on any atom is 0.387 e. The van der Waals surface area contributed by atoms with Crippen molar-refractivity contribution in [3.63, 3.8) is 0 Å². The second-order valence-corrected chi connectivity index (χ2v) is 4.76. The SMILES string of the molecule is C[C@@]1(CCc2ccc(OC(F)F)cc2)NC(=O)NC1=O. The Bertz CT molecular complexity index is 519. The van der Waals surface area contributed by atoms with Crippen molar-refractivity contribution in [1.29, 1.82) is 0 Å². The number of imide groups is 1. The molecule has 1 aliphatic heterocycles. The van der Waals surface area contributed by atoms with Crippen molar-refractivity contribution in [2.45, 2.75) is 31.9 Å². The van der Waals surface area contributed by atoms with Crippen LogP contribution in [0.2, 0.25) is 0 Å². The largest absolute Gasteiger partial charge is 0.435 e. The second kappa shape index (κ2) is 5.44. The Hall–Kier alpha value is -2.18. The molecule has 0 saturated carbocycles. The molecule has 1 fully saturated rings. The lowest BCUT2D eigenvalue weighted by molar-refractivity contribution is -0.123. The summed E-state index contributed by atoms with van der Waals surface area (Å²) in [4.78, 5) is 22.7. The molecule has 1 aliphatic rings. The molecule has 1 aromatic carbocycles. The van der Waals surface area contributed by atoms with Crippen LogP contribution in [-0.2, 0) is 11.2 Å². The number of halogens is 2. The van der Waals surface area contributed by atoms with Crippen molar-refractivity contribution in [3.8, 4) is 5.75 Å². The van der Waals surface area contributed by atoms with Gasteiger partial charge in [0.25, 0.3) is 5.91 Å². The molecule has 3 amide bonds. The molecule has 0 spiro atoms. The number of urea groups is 1. The summed E-state index contributed by atoms with van der Waals surface area (Å²) in [7, 11) is 0.